The maximum atomic E-state index is 14.4. The summed E-state index contributed by atoms with van der Waals surface area (Å²) in [6, 6.07) is 21.7. The SMILES string of the molecule is Cc1ccc2c(c1)[C@]1(C(=O)N2)C(C(=O)c2cccc([N+](=O)[O-])c2)C(c2ccccc2)C2CCCN21. The molecule has 2 saturated heterocycles. The Hall–Kier alpha value is -3.84. The Labute approximate surface area is 202 Å². The van der Waals surface area contributed by atoms with E-state index in [1.54, 1.807) is 12.1 Å². The highest BCUT2D eigenvalue weighted by atomic mass is 16.6. The van der Waals surface area contributed by atoms with Crippen LogP contribution in [-0.4, -0.2) is 34.1 Å². The third kappa shape index (κ3) is 3.01. The zero-order chi connectivity index (χ0) is 24.3. The topological polar surface area (TPSA) is 92.5 Å². The summed E-state index contributed by atoms with van der Waals surface area (Å²) >= 11 is 0. The fourth-order valence-electron chi connectivity index (χ4n) is 6.68. The standard InChI is InChI=1S/C28H25N3O4/c1-17-12-13-22-21(15-17)28(27(33)29-22)25(26(32)19-9-5-10-20(16-19)31(34)35)24(18-7-3-2-4-8-18)23-11-6-14-30(23)28/h2-5,7-10,12-13,15-16,23-25H,6,11,14H2,1H3,(H,29,33)/t23?,24?,25?,28-/m1/s1. The van der Waals surface area contributed by atoms with Crippen molar-refractivity contribution >= 4 is 23.1 Å². The summed E-state index contributed by atoms with van der Waals surface area (Å²) in [5.41, 5.74) is 2.56. The van der Waals surface area contributed by atoms with Gasteiger partial charge in [-0.05, 0) is 37.9 Å². The minimum absolute atomic E-state index is 0.0160. The van der Waals surface area contributed by atoms with E-state index in [9.17, 15) is 19.7 Å². The minimum Gasteiger partial charge on any atom is -0.324 e. The number of rotatable bonds is 4. The van der Waals surface area contributed by atoms with Gasteiger partial charge in [0.25, 0.3) is 5.69 Å². The van der Waals surface area contributed by atoms with Gasteiger partial charge in [0, 0.05) is 40.9 Å². The van der Waals surface area contributed by atoms with Crippen LogP contribution < -0.4 is 5.32 Å². The summed E-state index contributed by atoms with van der Waals surface area (Å²) in [7, 11) is 0. The molecular formula is C28H25N3O4. The average molecular weight is 468 g/mol. The Morgan fingerprint density at radius 2 is 1.89 bits per heavy atom. The summed E-state index contributed by atoms with van der Waals surface area (Å²) in [4.78, 5) is 41.6. The van der Waals surface area contributed by atoms with Crippen molar-refractivity contribution in [3.8, 4) is 0 Å². The molecular weight excluding hydrogens is 442 g/mol. The highest BCUT2D eigenvalue weighted by Gasteiger charge is 2.69. The number of nitrogens with one attached hydrogen (secondary N) is 1. The van der Waals surface area contributed by atoms with E-state index in [-0.39, 0.29) is 34.9 Å². The van der Waals surface area contributed by atoms with Crippen molar-refractivity contribution in [2.45, 2.75) is 37.3 Å². The molecule has 0 aliphatic carbocycles. The molecule has 0 radical (unpaired) electrons. The molecule has 0 aromatic heterocycles. The largest absolute Gasteiger partial charge is 0.324 e. The highest BCUT2D eigenvalue weighted by Crippen LogP contribution is 2.61. The lowest BCUT2D eigenvalue weighted by Crippen LogP contribution is -2.52. The molecule has 4 atom stereocenters. The highest BCUT2D eigenvalue weighted by molar-refractivity contribution is 6.12. The van der Waals surface area contributed by atoms with Crippen LogP contribution in [0.15, 0.2) is 72.8 Å². The van der Waals surface area contributed by atoms with E-state index in [1.165, 1.54) is 12.1 Å². The smallest absolute Gasteiger partial charge is 0.270 e. The first-order chi connectivity index (χ1) is 16.9. The Morgan fingerprint density at radius 1 is 1.09 bits per heavy atom. The monoisotopic (exact) mass is 467 g/mol. The lowest BCUT2D eigenvalue weighted by molar-refractivity contribution is -0.384. The summed E-state index contributed by atoms with van der Waals surface area (Å²) in [5.74, 6) is -1.36. The summed E-state index contributed by atoms with van der Waals surface area (Å²) in [5, 5.41) is 14.5. The normalized spacial score (nSPS) is 27.0. The van der Waals surface area contributed by atoms with Crippen LogP contribution in [-0.2, 0) is 10.3 Å². The number of ketones is 1. The number of anilines is 1. The van der Waals surface area contributed by atoms with Gasteiger partial charge in [-0.15, -0.1) is 0 Å². The van der Waals surface area contributed by atoms with Crippen LogP contribution >= 0.6 is 0 Å². The summed E-state index contributed by atoms with van der Waals surface area (Å²) in [6.45, 7) is 2.70. The Balaban J connectivity index is 1.62. The van der Waals surface area contributed by atoms with Gasteiger partial charge in [0.05, 0.1) is 10.8 Å². The van der Waals surface area contributed by atoms with Gasteiger partial charge in [0.2, 0.25) is 5.91 Å². The van der Waals surface area contributed by atoms with Crippen molar-refractivity contribution in [2.24, 2.45) is 5.92 Å². The van der Waals surface area contributed by atoms with Gasteiger partial charge in [-0.25, -0.2) is 0 Å². The van der Waals surface area contributed by atoms with Crippen LogP contribution in [0.4, 0.5) is 11.4 Å². The zero-order valence-corrected chi connectivity index (χ0v) is 19.3. The molecule has 1 spiro atoms. The molecule has 3 aliphatic rings. The van der Waals surface area contributed by atoms with Gasteiger partial charge < -0.3 is 5.32 Å². The van der Waals surface area contributed by atoms with Crippen molar-refractivity contribution < 1.29 is 14.5 Å². The van der Waals surface area contributed by atoms with Crippen molar-refractivity contribution in [2.75, 3.05) is 11.9 Å². The van der Waals surface area contributed by atoms with Crippen molar-refractivity contribution in [3.05, 3.63) is 105 Å². The third-order valence-corrected chi connectivity index (χ3v) is 7.96. The predicted molar refractivity (Wildman–Crippen MR) is 131 cm³/mol. The van der Waals surface area contributed by atoms with Gasteiger partial charge in [-0.2, -0.15) is 0 Å². The summed E-state index contributed by atoms with van der Waals surface area (Å²) < 4.78 is 0. The predicted octanol–water partition coefficient (Wildman–Crippen LogP) is 4.81. The van der Waals surface area contributed by atoms with E-state index in [0.717, 1.165) is 35.2 Å². The average Bonchev–Trinajstić information content (AvgIpc) is 3.52. The number of aryl methyl sites for hydroxylation is 1. The summed E-state index contributed by atoms with van der Waals surface area (Å²) in [6.07, 6.45) is 1.83. The lowest BCUT2D eigenvalue weighted by Gasteiger charge is -2.37. The second-order valence-corrected chi connectivity index (χ2v) is 9.76. The van der Waals surface area contributed by atoms with Crippen molar-refractivity contribution in [1.82, 2.24) is 4.90 Å². The number of benzene rings is 3. The molecule has 2 fully saturated rings. The van der Waals surface area contributed by atoms with E-state index < -0.39 is 16.4 Å². The van der Waals surface area contributed by atoms with E-state index in [4.69, 9.17) is 0 Å². The number of amides is 1. The van der Waals surface area contributed by atoms with E-state index in [1.807, 2.05) is 55.5 Å². The van der Waals surface area contributed by atoms with E-state index >= 15 is 0 Å². The van der Waals surface area contributed by atoms with Gasteiger partial charge in [0.15, 0.2) is 5.78 Å². The molecule has 7 nitrogen and oxygen atoms in total. The van der Waals surface area contributed by atoms with Gasteiger partial charge >= 0.3 is 0 Å². The molecule has 7 heteroatoms. The second-order valence-electron chi connectivity index (χ2n) is 9.76. The first kappa shape index (κ1) is 21.7. The quantitative estimate of drug-likeness (QED) is 0.338. The van der Waals surface area contributed by atoms with Gasteiger partial charge in [-0.3, -0.25) is 24.6 Å². The molecule has 3 aliphatic heterocycles. The number of nitrogens with zero attached hydrogens (tertiary/aromatic N) is 2. The van der Waals surface area contributed by atoms with Crippen LogP contribution in [0.1, 0.15) is 45.8 Å². The van der Waals surface area contributed by atoms with E-state index in [0.29, 0.717) is 6.54 Å². The van der Waals surface area contributed by atoms with Crippen LogP contribution in [0.3, 0.4) is 0 Å². The fourth-order valence-corrected chi connectivity index (χ4v) is 6.68. The van der Waals surface area contributed by atoms with Crippen LogP contribution in [0.25, 0.3) is 0 Å². The molecule has 1 N–H and O–H groups in total. The number of carbonyl (C=O) groups is 2. The van der Waals surface area contributed by atoms with Crippen LogP contribution in [0, 0.1) is 23.0 Å². The minimum atomic E-state index is -1.16. The van der Waals surface area contributed by atoms with Crippen LogP contribution in [0.2, 0.25) is 0 Å². The van der Waals surface area contributed by atoms with Crippen LogP contribution in [0.5, 0.6) is 0 Å². The maximum absolute atomic E-state index is 14.4. The van der Waals surface area contributed by atoms with Crippen molar-refractivity contribution in [1.29, 1.82) is 0 Å². The fraction of sp³-hybridized carbons (Fsp3) is 0.286. The zero-order valence-electron chi connectivity index (χ0n) is 19.3. The number of nitro groups is 1. The molecule has 3 aromatic rings. The number of non-ortho nitro benzene ring substituents is 1. The Bertz CT molecular complexity index is 1370. The van der Waals surface area contributed by atoms with Gasteiger partial charge in [0.1, 0.15) is 5.54 Å². The molecule has 1 amide bonds. The molecule has 0 saturated carbocycles. The second kappa shape index (κ2) is 7.85. The molecule has 3 aromatic carbocycles. The van der Waals surface area contributed by atoms with Crippen molar-refractivity contribution in [3.63, 3.8) is 0 Å². The molecule has 0 bridgehead atoms. The maximum Gasteiger partial charge on any atom is 0.270 e. The molecule has 3 unspecified atom stereocenters. The first-order valence-corrected chi connectivity index (χ1v) is 12.0. The Kier molecular flexibility index (Phi) is 4.86. The van der Waals surface area contributed by atoms with E-state index in [2.05, 4.69) is 10.2 Å². The molecule has 3 heterocycles. The molecule has 35 heavy (non-hydrogen) atoms. The third-order valence-electron chi connectivity index (χ3n) is 7.96. The number of hydrogen-bond acceptors (Lipinski definition) is 5. The number of carbonyl (C=O) groups excluding carboxylic acids is 2. The molecule has 176 valence electrons. The lowest BCUT2D eigenvalue weighted by atomic mass is 9.68. The first-order valence-electron chi connectivity index (χ1n) is 12.0. The number of Topliss-reactive ketones (excluding diaryl/α,β-unsaturated/α-hetero) is 1. The number of hydrogen-bond donors (Lipinski definition) is 1. The number of fused-ring (bicyclic) bond motifs is 4. The van der Waals surface area contributed by atoms with Gasteiger partial charge in [-0.1, -0.05) is 60.2 Å². The molecule has 6 rings (SSSR count). The Morgan fingerprint density at radius 3 is 2.66 bits per heavy atom. The number of nitro benzene ring substituents is 1.